The molecule has 1 atom stereocenters. The lowest BCUT2D eigenvalue weighted by Gasteiger charge is -2.52. The van der Waals surface area contributed by atoms with Gasteiger partial charge in [-0.3, -0.25) is 4.79 Å². The Kier molecular flexibility index (Phi) is 4.76. The van der Waals surface area contributed by atoms with Crippen LogP contribution < -0.4 is 14.8 Å². The number of ether oxygens (including phenoxy) is 3. The summed E-state index contributed by atoms with van der Waals surface area (Å²) in [6.45, 7) is 1.64. The van der Waals surface area contributed by atoms with Crippen molar-refractivity contribution in [3.63, 3.8) is 0 Å². The van der Waals surface area contributed by atoms with Crippen LogP contribution in [0.1, 0.15) is 31.2 Å². The Labute approximate surface area is 137 Å². The zero-order chi connectivity index (χ0) is 16.3. The number of amides is 1. The van der Waals surface area contributed by atoms with Crippen LogP contribution in [0.3, 0.4) is 0 Å². The first kappa shape index (κ1) is 16.1. The monoisotopic (exact) mass is 319 g/mol. The number of carbonyl (C=O) groups is 1. The normalized spacial score (nSPS) is 22.3. The molecule has 1 amide bonds. The Morgan fingerprint density at radius 3 is 2.57 bits per heavy atom. The van der Waals surface area contributed by atoms with Gasteiger partial charge in [0.1, 0.15) is 0 Å². The smallest absolute Gasteiger partial charge is 0.224 e. The SMILES string of the molecule is COc1ccc(CC(=O)NC2CCC23CCOCC3)cc1OC. The summed E-state index contributed by atoms with van der Waals surface area (Å²) in [5.74, 6) is 1.41. The molecule has 1 unspecified atom stereocenters. The van der Waals surface area contributed by atoms with Crippen LogP contribution in [0.25, 0.3) is 0 Å². The Morgan fingerprint density at radius 1 is 1.22 bits per heavy atom. The first-order valence-electron chi connectivity index (χ1n) is 8.25. The molecule has 126 valence electrons. The third kappa shape index (κ3) is 3.29. The van der Waals surface area contributed by atoms with E-state index in [2.05, 4.69) is 5.32 Å². The number of benzene rings is 1. The molecule has 5 heteroatoms. The molecule has 0 aromatic heterocycles. The first-order valence-corrected chi connectivity index (χ1v) is 8.25. The van der Waals surface area contributed by atoms with Crippen molar-refractivity contribution in [1.82, 2.24) is 5.32 Å². The molecule has 1 aromatic carbocycles. The molecule has 2 aliphatic rings. The van der Waals surface area contributed by atoms with Gasteiger partial charge in [0.15, 0.2) is 11.5 Å². The highest BCUT2D eigenvalue weighted by molar-refractivity contribution is 5.79. The molecule has 1 heterocycles. The Balaban J connectivity index is 1.59. The van der Waals surface area contributed by atoms with E-state index in [1.54, 1.807) is 14.2 Å². The van der Waals surface area contributed by atoms with Gasteiger partial charge in [0, 0.05) is 19.3 Å². The topological polar surface area (TPSA) is 56.8 Å². The molecule has 1 aliphatic heterocycles. The zero-order valence-corrected chi connectivity index (χ0v) is 13.9. The van der Waals surface area contributed by atoms with Crippen LogP contribution in [0.2, 0.25) is 0 Å². The molecule has 5 nitrogen and oxygen atoms in total. The van der Waals surface area contributed by atoms with Gasteiger partial charge >= 0.3 is 0 Å². The van der Waals surface area contributed by atoms with Crippen molar-refractivity contribution < 1.29 is 19.0 Å². The van der Waals surface area contributed by atoms with Gasteiger partial charge in [-0.25, -0.2) is 0 Å². The van der Waals surface area contributed by atoms with E-state index in [0.29, 0.717) is 24.0 Å². The van der Waals surface area contributed by atoms with Gasteiger partial charge in [-0.1, -0.05) is 6.07 Å². The highest BCUT2D eigenvalue weighted by atomic mass is 16.5. The third-order valence-electron chi connectivity index (χ3n) is 5.31. The van der Waals surface area contributed by atoms with Gasteiger partial charge in [0.2, 0.25) is 5.91 Å². The number of methoxy groups -OCH3 is 2. The number of hydrogen-bond acceptors (Lipinski definition) is 4. The summed E-state index contributed by atoms with van der Waals surface area (Å²) < 4.78 is 16.0. The molecule has 3 rings (SSSR count). The van der Waals surface area contributed by atoms with Crippen molar-refractivity contribution in [2.75, 3.05) is 27.4 Å². The largest absolute Gasteiger partial charge is 0.493 e. The fourth-order valence-electron chi connectivity index (χ4n) is 3.72. The molecule has 23 heavy (non-hydrogen) atoms. The maximum atomic E-state index is 12.4. The maximum absolute atomic E-state index is 12.4. The lowest BCUT2D eigenvalue weighted by atomic mass is 9.60. The fourth-order valence-corrected chi connectivity index (χ4v) is 3.72. The highest BCUT2D eigenvalue weighted by Gasteiger charge is 2.47. The van der Waals surface area contributed by atoms with E-state index >= 15 is 0 Å². The molecule has 1 spiro atoms. The quantitative estimate of drug-likeness (QED) is 0.905. The standard InChI is InChI=1S/C18H25NO4/c1-21-14-4-3-13(11-15(14)22-2)12-17(20)19-16-5-6-18(16)7-9-23-10-8-18/h3-4,11,16H,5-10,12H2,1-2H3,(H,19,20). The molecule has 0 bridgehead atoms. The minimum Gasteiger partial charge on any atom is -0.493 e. The highest BCUT2D eigenvalue weighted by Crippen LogP contribution is 2.48. The molecule has 1 aliphatic carbocycles. The summed E-state index contributed by atoms with van der Waals surface area (Å²) >= 11 is 0. The van der Waals surface area contributed by atoms with E-state index in [9.17, 15) is 4.79 Å². The molecular weight excluding hydrogens is 294 g/mol. The van der Waals surface area contributed by atoms with E-state index in [1.165, 1.54) is 6.42 Å². The van der Waals surface area contributed by atoms with Crippen LogP contribution >= 0.6 is 0 Å². The van der Waals surface area contributed by atoms with Crippen molar-refractivity contribution in [2.24, 2.45) is 5.41 Å². The van der Waals surface area contributed by atoms with Gasteiger partial charge in [0.05, 0.1) is 20.6 Å². The van der Waals surface area contributed by atoms with Gasteiger partial charge in [-0.15, -0.1) is 0 Å². The van der Waals surface area contributed by atoms with Crippen LogP contribution in [0.5, 0.6) is 11.5 Å². The van der Waals surface area contributed by atoms with Crippen molar-refractivity contribution in [2.45, 2.75) is 38.1 Å². The first-order chi connectivity index (χ1) is 11.2. The Bertz CT molecular complexity index is 566. The minimum atomic E-state index is 0.0767. The van der Waals surface area contributed by atoms with Gasteiger partial charge in [-0.05, 0) is 48.8 Å². The van der Waals surface area contributed by atoms with E-state index in [0.717, 1.165) is 38.0 Å². The fraction of sp³-hybridized carbons (Fsp3) is 0.611. The molecule has 2 fully saturated rings. The van der Waals surface area contributed by atoms with Crippen LogP contribution in [0.15, 0.2) is 18.2 Å². The second-order valence-corrected chi connectivity index (χ2v) is 6.50. The Morgan fingerprint density at radius 2 is 1.96 bits per heavy atom. The number of rotatable bonds is 5. The van der Waals surface area contributed by atoms with E-state index < -0.39 is 0 Å². The molecular formula is C18H25NO4. The second-order valence-electron chi connectivity index (χ2n) is 6.50. The minimum absolute atomic E-state index is 0.0767. The summed E-state index contributed by atoms with van der Waals surface area (Å²) in [6.07, 6.45) is 4.78. The molecule has 1 N–H and O–H groups in total. The van der Waals surface area contributed by atoms with E-state index in [-0.39, 0.29) is 11.3 Å². The third-order valence-corrected chi connectivity index (χ3v) is 5.31. The van der Waals surface area contributed by atoms with Gasteiger partial charge < -0.3 is 19.5 Å². The van der Waals surface area contributed by atoms with Gasteiger partial charge in [0.25, 0.3) is 0 Å². The molecule has 0 radical (unpaired) electrons. The van der Waals surface area contributed by atoms with Crippen LogP contribution in [0.4, 0.5) is 0 Å². The Hall–Kier alpha value is -1.75. The van der Waals surface area contributed by atoms with Crippen molar-refractivity contribution >= 4 is 5.91 Å². The number of hydrogen-bond donors (Lipinski definition) is 1. The van der Waals surface area contributed by atoms with Crippen LogP contribution in [-0.4, -0.2) is 39.4 Å². The summed E-state index contributed by atoms with van der Waals surface area (Å²) in [7, 11) is 3.21. The van der Waals surface area contributed by atoms with Crippen LogP contribution in [0, 0.1) is 5.41 Å². The average Bonchev–Trinajstić information content (AvgIpc) is 2.59. The van der Waals surface area contributed by atoms with E-state index in [4.69, 9.17) is 14.2 Å². The maximum Gasteiger partial charge on any atom is 0.224 e. The molecule has 1 aromatic rings. The van der Waals surface area contributed by atoms with Crippen molar-refractivity contribution in [3.05, 3.63) is 23.8 Å². The molecule has 1 saturated heterocycles. The summed E-state index contributed by atoms with van der Waals surface area (Å²) in [6, 6.07) is 5.92. The van der Waals surface area contributed by atoms with Crippen molar-refractivity contribution in [1.29, 1.82) is 0 Å². The number of carbonyl (C=O) groups excluding carboxylic acids is 1. The predicted octanol–water partition coefficient (Wildman–Crippen LogP) is 2.32. The predicted molar refractivity (Wildman–Crippen MR) is 86.9 cm³/mol. The second kappa shape index (κ2) is 6.79. The van der Waals surface area contributed by atoms with Crippen LogP contribution in [-0.2, 0) is 16.0 Å². The lowest BCUT2D eigenvalue weighted by Crippen LogP contribution is -2.57. The summed E-state index contributed by atoms with van der Waals surface area (Å²) in [5.41, 5.74) is 1.21. The summed E-state index contributed by atoms with van der Waals surface area (Å²) in [5, 5.41) is 3.22. The zero-order valence-electron chi connectivity index (χ0n) is 13.9. The van der Waals surface area contributed by atoms with Crippen molar-refractivity contribution in [3.8, 4) is 11.5 Å². The summed E-state index contributed by atoms with van der Waals surface area (Å²) in [4.78, 5) is 12.4. The number of nitrogens with one attached hydrogen (secondary N) is 1. The lowest BCUT2D eigenvalue weighted by molar-refractivity contribution is -0.126. The molecule has 1 saturated carbocycles. The van der Waals surface area contributed by atoms with E-state index in [1.807, 2.05) is 18.2 Å². The van der Waals surface area contributed by atoms with Gasteiger partial charge in [-0.2, -0.15) is 0 Å². The average molecular weight is 319 g/mol.